The van der Waals surface area contributed by atoms with Gasteiger partial charge in [-0.1, -0.05) is 28.1 Å². The fraction of sp³-hybridized carbons (Fsp3) is 0.409. The summed E-state index contributed by atoms with van der Waals surface area (Å²) in [6.45, 7) is 5.08. The summed E-state index contributed by atoms with van der Waals surface area (Å²) in [7, 11) is -3.61. The van der Waals surface area contributed by atoms with Gasteiger partial charge in [-0.2, -0.15) is 4.31 Å². The molecule has 2 heterocycles. The van der Waals surface area contributed by atoms with Gasteiger partial charge in [-0.05, 0) is 74.1 Å². The number of sulfonamides is 1. The van der Waals surface area contributed by atoms with E-state index in [1.54, 1.807) is 6.07 Å². The Bertz CT molecular complexity index is 1070. The average Bonchev–Trinajstić information content (AvgIpc) is 3.12. The summed E-state index contributed by atoms with van der Waals surface area (Å²) in [5.41, 5.74) is 3.76. The Balaban J connectivity index is 1.56. The summed E-state index contributed by atoms with van der Waals surface area (Å²) in [5, 5.41) is 0. The molecule has 2 aliphatic rings. The quantitative estimate of drug-likeness (QED) is 0.670. The summed E-state index contributed by atoms with van der Waals surface area (Å²) in [6.07, 6.45) is 2.25. The van der Waals surface area contributed by atoms with Gasteiger partial charge in [0, 0.05) is 29.8 Å². The molecule has 0 saturated carbocycles. The molecule has 1 fully saturated rings. The van der Waals surface area contributed by atoms with Crippen molar-refractivity contribution in [1.29, 1.82) is 0 Å². The Morgan fingerprint density at radius 2 is 1.90 bits per heavy atom. The van der Waals surface area contributed by atoms with Gasteiger partial charge in [0.15, 0.2) is 0 Å². The minimum Gasteiger partial charge on any atom is -0.312 e. The highest BCUT2D eigenvalue weighted by Gasteiger charge is 2.37. The van der Waals surface area contributed by atoms with E-state index in [9.17, 15) is 13.2 Å². The van der Waals surface area contributed by atoms with Gasteiger partial charge < -0.3 is 4.90 Å². The molecule has 4 rings (SSSR count). The van der Waals surface area contributed by atoms with Crippen molar-refractivity contribution in [3.8, 4) is 0 Å². The van der Waals surface area contributed by atoms with Crippen LogP contribution in [0.15, 0.2) is 45.8 Å². The van der Waals surface area contributed by atoms with Gasteiger partial charge in [0.05, 0.1) is 10.8 Å². The van der Waals surface area contributed by atoms with Crippen molar-refractivity contribution < 1.29 is 13.2 Å². The Kier molecular flexibility index (Phi) is 5.57. The molecule has 1 unspecified atom stereocenters. The van der Waals surface area contributed by atoms with E-state index in [2.05, 4.69) is 22.0 Å². The summed E-state index contributed by atoms with van der Waals surface area (Å²) in [5.74, 6) is -0.273. The first-order valence-corrected chi connectivity index (χ1v) is 12.2. The van der Waals surface area contributed by atoms with Gasteiger partial charge in [0.25, 0.3) is 0 Å². The molecule has 5 nitrogen and oxygen atoms in total. The van der Waals surface area contributed by atoms with E-state index in [1.165, 1.54) is 4.31 Å². The van der Waals surface area contributed by atoms with E-state index in [0.717, 1.165) is 39.7 Å². The predicted molar refractivity (Wildman–Crippen MR) is 118 cm³/mol. The van der Waals surface area contributed by atoms with E-state index in [0.29, 0.717) is 24.4 Å². The third-order valence-corrected chi connectivity index (χ3v) is 8.40. The van der Waals surface area contributed by atoms with Gasteiger partial charge in [-0.3, -0.25) is 4.79 Å². The second-order valence-corrected chi connectivity index (χ2v) is 10.8. The van der Waals surface area contributed by atoms with Crippen LogP contribution in [0.4, 0.5) is 5.69 Å². The van der Waals surface area contributed by atoms with E-state index in [-0.39, 0.29) is 18.4 Å². The number of carbonyl (C=O) groups excluding carboxylic acids is 1. The number of hydrogen-bond acceptors (Lipinski definition) is 3. The number of aryl methyl sites for hydroxylation is 2. The van der Waals surface area contributed by atoms with Crippen LogP contribution in [-0.2, 0) is 21.2 Å². The van der Waals surface area contributed by atoms with Crippen molar-refractivity contribution in [3.63, 3.8) is 0 Å². The summed E-state index contributed by atoms with van der Waals surface area (Å²) in [6, 6.07) is 11.5. The summed E-state index contributed by atoms with van der Waals surface area (Å²) < 4.78 is 29.1. The molecule has 1 amide bonds. The van der Waals surface area contributed by atoms with Crippen LogP contribution in [0.25, 0.3) is 0 Å². The molecule has 0 aromatic heterocycles. The van der Waals surface area contributed by atoms with Gasteiger partial charge >= 0.3 is 0 Å². The fourth-order valence-corrected chi connectivity index (χ4v) is 6.55. The van der Waals surface area contributed by atoms with Crippen molar-refractivity contribution in [2.45, 2.75) is 38.0 Å². The van der Waals surface area contributed by atoms with Gasteiger partial charge in [-0.25, -0.2) is 8.42 Å². The van der Waals surface area contributed by atoms with E-state index < -0.39 is 10.0 Å². The largest absolute Gasteiger partial charge is 0.312 e. The highest BCUT2D eigenvalue weighted by molar-refractivity contribution is 9.10. The maximum absolute atomic E-state index is 13.3. The smallest absolute Gasteiger partial charge is 0.243 e. The van der Waals surface area contributed by atoms with Crippen LogP contribution in [0.1, 0.15) is 29.5 Å². The molecular formula is C22H25BrN2O3S. The second-order valence-electron chi connectivity index (χ2n) is 7.98. The Morgan fingerprint density at radius 3 is 2.69 bits per heavy atom. The molecular weight excluding hydrogens is 452 g/mol. The van der Waals surface area contributed by atoms with Crippen LogP contribution >= 0.6 is 15.9 Å². The van der Waals surface area contributed by atoms with Crippen LogP contribution < -0.4 is 4.90 Å². The zero-order valence-corrected chi connectivity index (χ0v) is 19.1. The molecule has 0 N–H and O–H groups in total. The molecule has 0 radical (unpaired) electrons. The van der Waals surface area contributed by atoms with Crippen molar-refractivity contribution in [1.82, 2.24) is 4.31 Å². The Morgan fingerprint density at radius 1 is 1.10 bits per heavy atom. The first kappa shape index (κ1) is 20.6. The number of halogens is 1. The first-order valence-electron chi connectivity index (χ1n) is 9.94. The fourth-order valence-electron chi connectivity index (χ4n) is 4.31. The van der Waals surface area contributed by atoms with Crippen molar-refractivity contribution in [2.75, 3.05) is 24.5 Å². The molecule has 1 saturated heterocycles. The molecule has 2 aromatic carbocycles. The number of nitrogens with zero attached hydrogens (tertiary/aromatic N) is 2. The lowest BCUT2D eigenvalue weighted by atomic mass is 9.98. The van der Waals surface area contributed by atoms with Gasteiger partial charge in [0.2, 0.25) is 15.9 Å². The van der Waals surface area contributed by atoms with E-state index in [1.807, 2.05) is 43.0 Å². The standard InChI is InChI=1S/C22H25BrN2O3S/c1-15-5-6-16(2)21(12-15)29(27,28)24-10-3-4-18(14-24)22(26)25-11-9-17-13-19(23)7-8-20(17)25/h5-8,12-13,18H,3-4,9-11,14H2,1-2H3. The predicted octanol–water partition coefficient (Wildman–Crippen LogP) is 4.06. The first-order chi connectivity index (χ1) is 13.8. The highest BCUT2D eigenvalue weighted by Crippen LogP contribution is 2.34. The zero-order chi connectivity index (χ0) is 20.8. The Labute approximate surface area is 180 Å². The number of amides is 1. The van der Waals surface area contributed by atoms with E-state index in [4.69, 9.17) is 0 Å². The third-order valence-electron chi connectivity index (χ3n) is 5.90. The van der Waals surface area contributed by atoms with Crippen molar-refractivity contribution in [2.24, 2.45) is 5.92 Å². The van der Waals surface area contributed by atoms with Crippen molar-refractivity contribution >= 4 is 37.5 Å². The third kappa shape index (κ3) is 3.88. The maximum atomic E-state index is 13.3. The number of carbonyl (C=O) groups is 1. The topological polar surface area (TPSA) is 57.7 Å². The zero-order valence-electron chi connectivity index (χ0n) is 16.7. The van der Waals surface area contributed by atoms with Gasteiger partial charge in [0.1, 0.15) is 0 Å². The summed E-state index contributed by atoms with van der Waals surface area (Å²) >= 11 is 3.48. The summed E-state index contributed by atoms with van der Waals surface area (Å²) in [4.78, 5) is 15.5. The number of fused-ring (bicyclic) bond motifs is 1. The monoisotopic (exact) mass is 476 g/mol. The number of benzene rings is 2. The molecule has 0 bridgehead atoms. The number of rotatable bonds is 3. The molecule has 2 aliphatic heterocycles. The maximum Gasteiger partial charge on any atom is 0.243 e. The van der Waals surface area contributed by atoms with E-state index >= 15 is 0 Å². The molecule has 0 aliphatic carbocycles. The molecule has 29 heavy (non-hydrogen) atoms. The molecule has 2 aromatic rings. The molecule has 0 spiro atoms. The average molecular weight is 477 g/mol. The van der Waals surface area contributed by atoms with Gasteiger partial charge in [-0.15, -0.1) is 0 Å². The minimum absolute atomic E-state index is 0.0342. The number of hydrogen-bond donors (Lipinski definition) is 0. The lowest BCUT2D eigenvalue weighted by Gasteiger charge is -2.33. The number of anilines is 1. The SMILES string of the molecule is Cc1ccc(C)c(S(=O)(=O)N2CCCC(C(=O)N3CCc4cc(Br)ccc43)C2)c1. The van der Waals surface area contributed by atoms with Crippen LogP contribution in [0, 0.1) is 19.8 Å². The number of piperidine rings is 1. The normalized spacial score (nSPS) is 20.0. The minimum atomic E-state index is -3.61. The van der Waals surface area contributed by atoms with Crippen LogP contribution in [0.2, 0.25) is 0 Å². The lowest BCUT2D eigenvalue weighted by Crippen LogP contribution is -2.46. The van der Waals surface area contributed by atoms with Crippen LogP contribution in [-0.4, -0.2) is 38.3 Å². The molecule has 1 atom stereocenters. The van der Waals surface area contributed by atoms with Crippen molar-refractivity contribution in [3.05, 3.63) is 57.6 Å². The molecule has 154 valence electrons. The van der Waals surface area contributed by atoms with Crippen LogP contribution in [0.3, 0.4) is 0 Å². The second kappa shape index (κ2) is 7.85. The lowest BCUT2D eigenvalue weighted by molar-refractivity contribution is -0.123. The van der Waals surface area contributed by atoms with Crippen LogP contribution in [0.5, 0.6) is 0 Å². The molecule has 7 heteroatoms. The Hall–Kier alpha value is -1.70. The highest BCUT2D eigenvalue weighted by atomic mass is 79.9.